The van der Waals surface area contributed by atoms with E-state index in [2.05, 4.69) is 10.5 Å². The van der Waals surface area contributed by atoms with Gasteiger partial charge in [-0.1, -0.05) is 0 Å². The molecule has 0 fully saturated rings. The lowest BCUT2D eigenvalue weighted by molar-refractivity contribution is -0.121. The minimum atomic E-state index is -0.557. The molecule has 0 aliphatic rings. The van der Waals surface area contributed by atoms with E-state index >= 15 is 0 Å². The maximum absolute atomic E-state index is 12.5. The number of pyridine rings is 1. The molecule has 0 atom stereocenters. The number of amides is 1. The summed E-state index contributed by atoms with van der Waals surface area (Å²) in [6.45, 7) is 3.71. The smallest absolute Gasteiger partial charge is 0.269 e. The van der Waals surface area contributed by atoms with Crippen LogP contribution in [0.15, 0.2) is 34.2 Å². The van der Waals surface area contributed by atoms with Gasteiger partial charge in [0.15, 0.2) is 11.5 Å². The average molecular weight is 398 g/mol. The third-order valence-electron chi connectivity index (χ3n) is 3.99. The lowest BCUT2D eigenvalue weighted by Crippen LogP contribution is -2.33. The van der Waals surface area contributed by atoms with E-state index in [0.29, 0.717) is 29.2 Å². The maximum atomic E-state index is 12.5. The second-order valence-corrected chi connectivity index (χ2v) is 6.08. The Labute approximate surface area is 167 Å². The summed E-state index contributed by atoms with van der Waals surface area (Å²) in [5.41, 5.74) is 3.34. The topological polar surface area (TPSA) is 126 Å². The fourth-order valence-corrected chi connectivity index (χ4v) is 2.66. The number of aryl methyl sites for hydroxylation is 1. The molecule has 1 aromatic heterocycles. The number of rotatable bonds is 8. The van der Waals surface area contributed by atoms with Gasteiger partial charge in [0.25, 0.3) is 11.5 Å². The molecule has 2 N–H and O–H groups in total. The van der Waals surface area contributed by atoms with Crippen LogP contribution < -0.4 is 15.7 Å². The highest BCUT2D eigenvalue weighted by Crippen LogP contribution is 2.26. The number of phenols is 1. The summed E-state index contributed by atoms with van der Waals surface area (Å²) in [5, 5.41) is 22.8. The highest BCUT2D eigenvalue weighted by atomic mass is 16.5. The van der Waals surface area contributed by atoms with E-state index in [1.54, 1.807) is 32.0 Å². The summed E-state index contributed by atoms with van der Waals surface area (Å²) in [6, 6.07) is 8.16. The molecule has 2 aromatic rings. The minimum absolute atomic E-state index is 0.00750. The molecule has 0 unspecified atom stereocenters. The van der Waals surface area contributed by atoms with E-state index < -0.39 is 11.5 Å². The van der Waals surface area contributed by atoms with Gasteiger partial charge >= 0.3 is 0 Å². The highest BCUT2D eigenvalue weighted by molar-refractivity contribution is 5.83. The summed E-state index contributed by atoms with van der Waals surface area (Å²) < 4.78 is 11.5. The Kier molecular flexibility index (Phi) is 7.51. The zero-order valence-corrected chi connectivity index (χ0v) is 16.4. The predicted molar refractivity (Wildman–Crippen MR) is 106 cm³/mol. The Balaban J connectivity index is 2.12. The molecule has 29 heavy (non-hydrogen) atoms. The van der Waals surface area contributed by atoms with Gasteiger partial charge in [-0.15, -0.1) is 0 Å². The van der Waals surface area contributed by atoms with Gasteiger partial charge in [0.05, 0.1) is 19.4 Å². The second kappa shape index (κ2) is 10.1. The number of ether oxygens (including phenoxy) is 2. The molecular formula is C20H22N4O5. The third kappa shape index (κ3) is 5.43. The number of hydrogen-bond donors (Lipinski definition) is 2. The molecule has 1 amide bonds. The Morgan fingerprint density at radius 1 is 1.41 bits per heavy atom. The molecule has 0 saturated carbocycles. The first kappa shape index (κ1) is 21.7. The Morgan fingerprint density at radius 2 is 2.17 bits per heavy atom. The quantitative estimate of drug-likeness (QED) is 0.512. The number of methoxy groups -OCH3 is 1. The van der Waals surface area contributed by atoms with Crippen molar-refractivity contribution in [3.63, 3.8) is 0 Å². The SMILES string of the molecule is CCOc1cc(C=NNC(=O)Cn2c(C)cc(COC)c(C#N)c2=O)ccc1O. The number of nitrogens with one attached hydrogen (secondary N) is 1. The molecule has 9 nitrogen and oxygen atoms in total. The minimum Gasteiger partial charge on any atom is -0.504 e. The van der Waals surface area contributed by atoms with Gasteiger partial charge in [0.1, 0.15) is 18.2 Å². The van der Waals surface area contributed by atoms with Crippen LogP contribution in [0.3, 0.4) is 0 Å². The van der Waals surface area contributed by atoms with Crippen molar-refractivity contribution in [2.75, 3.05) is 13.7 Å². The zero-order valence-electron chi connectivity index (χ0n) is 16.4. The molecule has 0 bridgehead atoms. The molecule has 9 heteroatoms. The van der Waals surface area contributed by atoms with E-state index in [-0.39, 0.29) is 24.5 Å². The van der Waals surface area contributed by atoms with Crippen LogP contribution >= 0.6 is 0 Å². The van der Waals surface area contributed by atoms with E-state index in [1.165, 1.54) is 24.0 Å². The van der Waals surface area contributed by atoms with Gasteiger partial charge in [0.2, 0.25) is 0 Å². The molecule has 0 saturated heterocycles. The van der Waals surface area contributed by atoms with Gasteiger partial charge in [-0.3, -0.25) is 9.59 Å². The van der Waals surface area contributed by atoms with Crippen LogP contribution in [0.4, 0.5) is 0 Å². The molecule has 1 aromatic carbocycles. The number of benzene rings is 1. The van der Waals surface area contributed by atoms with Crippen molar-refractivity contribution in [1.82, 2.24) is 9.99 Å². The fourth-order valence-electron chi connectivity index (χ4n) is 2.66. The van der Waals surface area contributed by atoms with Crippen LogP contribution in [0.25, 0.3) is 0 Å². The lowest BCUT2D eigenvalue weighted by atomic mass is 10.1. The standard InChI is InChI=1S/C20H22N4O5/c1-4-29-18-8-14(5-6-17(18)25)10-22-23-19(26)11-24-13(2)7-15(12-28-3)16(9-21)20(24)27/h5-8,10,25H,4,11-12H2,1-3H3,(H,23,26). The first-order valence-corrected chi connectivity index (χ1v) is 8.81. The summed E-state index contributed by atoms with van der Waals surface area (Å²) >= 11 is 0. The number of aromatic hydroxyl groups is 1. The molecule has 0 spiro atoms. The monoisotopic (exact) mass is 398 g/mol. The van der Waals surface area contributed by atoms with Gasteiger partial charge in [-0.05, 0) is 43.7 Å². The Hall–Kier alpha value is -3.64. The predicted octanol–water partition coefficient (Wildman–Crippen LogP) is 1.43. The zero-order chi connectivity index (χ0) is 21.4. The van der Waals surface area contributed by atoms with Crippen molar-refractivity contribution in [2.45, 2.75) is 27.0 Å². The average Bonchev–Trinajstić information content (AvgIpc) is 2.68. The van der Waals surface area contributed by atoms with E-state index in [4.69, 9.17) is 9.47 Å². The van der Waals surface area contributed by atoms with Gasteiger partial charge in [0, 0.05) is 18.4 Å². The Bertz CT molecular complexity index is 1020. The first-order chi connectivity index (χ1) is 13.9. The second-order valence-electron chi connectivity index (χ2n) is 6.08. The number of aromatic nitrogens is 1. The van der Waals surface area contributed by atoms with Crippen molar-refractivity contribution in [3.8, 4) is 17.6 Å². The van der Waals surface area contributed by atoms with Crippen molar-refractivity contribution in [1.29, 1.82) is 5.26 Å². The normalized spacial score (nSPS) is 10.7. The fraction of sp³-hybridized carbons (Fsp3) is 0.300. The number of nitriles is 1. The lowest BCUT2D eigenvalue weighted by Gasteiger charge is -2.12. The van der Waals surface area contributed by atoms with Crippen LogP contribution in [0.2, 0.25) is 0 Å². The molecule has 2 rings (SSSR count). The van der Waals surface area contributed by atoms with Crippen molar-refractivity contribution in [2.24, 2.45) is 5.10 Å². The van der Waals surface area contributed by atoms with Crippen LogP contribution in [0, 0.1) is 18.3 Å². The summed E-state index contributed by atoms with van der Waals surface area (Å²) in [7, 11) is 1.47. The van der Waals surface area contributed by atoms with Crippen molar-refractivity contribution < 1.29 is 19.4 Å². The summed E-state index contributed by atoms with van der Waals surface area (Å²) in [6.07, 6.45) is 1.39. The van der Waals surface area contributed by atoms with Gasteiger partial charge < -0.3 is 19.1 Å². The summed E-state index contributed by atoms with van der Waals surface area (Å²) in [5.74, 6) is -0.211. The van der Waals surface area contributed by atoms with E-state index in [0.717, 1.165) is 0 Å². The maximum Gasteiger partial charge on any atom is 0.269 e. The van der Waals surface area contributed by atoms with Crippen LogP contribution in [0.5, 0.6) is 11.5 Å². The van der Waals surface area contributed by atoms with Crippen LogP contribution in [-0.2, 0) is 22.7 Å². The molecule has 0 aliphatic heterocycles. The third-order valence-corrected chi connectivity index (χ3v) is 3.99. The molecule has 0 aliphatic carbocycles. The van der Waals surface area contributed by atoms with Crippen LogP contribution in [0.1, 0.15) is 29.3 Å². The molecule has 152 valence electrons. The van der Waals surface area contributed by atoms with Gasteiger partial charge in [-0.25, -0.2) is 5.43 Å². The Morgan fingerprint density at radius 3 is 2.83 bits per heavy atom. The van der Waals surface area contributed by atoms with Crippen molar-refractivity contribution in [3.05, 3.63) is 57.0 Å². The van der Waals surface area contributed by atoms with Crippen molar-refractivity contribution >= 4 is 12.1 Å². The number of hydrazone groups is 1. The first-order valence-electron chi connectivity index (χ1n) is 8.81. The number of hydrogen-bond acceptors (Lipinski definition) is 7. The summed E-state index contributed by atoms with van der Waals surface area (Å²) in [4.78, 5) is 24.7. The highest BCUT2D eigenvalue weighted by Gasteiger charge is 2.14. The largest absolute Gasteiger partial charge is 0.504 e. The number of carbonyl (C=O) groups excluding carboxylic acids is 1. The number of carbonyl (C=O) groups is 1. The van der Waals surface area contributed by atoms with Crippen LogP contribution in [-0.4, -0.2) is 35.5 Å². The van der Waals surface area contributed by atoms with E-state index in [9.17, 15) is 20.0 Å². The molecule has 0 radical (unpaired) electrons. The number of phenolic OH excluding ortho intramolecular Hbond substituents is 1. The van der Waals surface area contributed by atoms with E-state index in [1.807, 2.05) is 6.07 Å². The number of nitrogens with zero attached hydrogens (tertiary/aromatic N) is 3. The molecule has 1 heterocycles. The van der Waals surface area contributed by atoms with Gasteiger partial charge in [-0.2, -0.15) is 10.4 Å². The molecular weight excluding hydrogens is 376 g/mol.